The van der Waals surface area contributed by atoms with Crippen molar-refractivity contribution in [1.29, 1.82) is 0 Å². The van der Waals surface area contributed by atoms with Crippen molar-refractivity contribution < 1.29 is 13.2 Å². The summed E-state index contributed by atoms with van der Waals surface area (Å²) in [6.07, 6.45) is 1.76. The molecule has 0 saturated carbocycles. The van der Waals surface area contributed by atoms with Gasteiger partial charge in [-0.1, -0.05) is 36.4 Å². The molecule has 0 radical (unpaired) electrons. The first-order chi connectivity index (χ1) is 12.9. The van der Waals surface area contributed by atoms with Crippen molar-refractivity contribution in [3.8, 4) is 0 Å². The number of carbonyl (C=O) groups excluding carboxylic acids is 1. The molecule has 140 valence electrons. The Hall–Kier alpha value is -2.07. The molecule has 0 fully saturated rings. The van der Waals surface area contributed by atoms with Crippen molar-refractivity contribution in [3.05, 3.63) is 76.2 Å². The molecule has 3 rings (SSSR count). The quantitative estimate of drug-likeness (QED) is 0.559. The summed E-state index contributed by atoms with van der Waals surface area (Å²) in [4.78, 5) is 16.8. The number of amides is 1. The van der Waals surface area contributed by atoms with E-state index >= 15 is 0 Å². The van der Waals surface area contributed by atoms with Gasteiger partial charge in [-0.25, -0.2) is 13.4 Å². The molecule has 0 aliphatic carbocycles. The summed E-state index contributed by atoms with van der Waals surface area (Å²) in [5.41, 5.74) is 0.841. The summed E-state index contributed by atoms with van der Waals surface area (Å²) in [7, 11) is -3.84. The monoisotopic (exact) mass is 465 g/mol. The van der Waals surface area contributed by atoms with Gasteiger partial charge in [0.25, 0.3) is 10.0 Å². The van der Waals surface area contributed by atoms with Crippen LogP contribution in [-0.2, 0) is 21.2 Å². The number of benzene rings is 1. The lowest BCUT2D eigenvalue weighted by atomic mass is 10.1. The van der Waals surface area contributed by atoms with Crippen LogP contribution >= 0.6 is 27.3 Å². The predicted octanol–water partition coefficient (Wildman–Crippen LogP) is 3.43. The number of hydrogen-bond donors (Lipinski definition) is 2. The largest absolute Gasteiger partial charge is 0.309 e. The van der Waals surface area contributed by atoms with Crippen LogP contribution in [0.5, 0.6) is 0 Å². The molecule has 0 aliphatic rings. The average molecular weight is 466 g/mol. The van der Waals surface area contributed by atoms with Crippen molar-refractivity contribution in [2.75, 3.05) is 5.32 Å². The van der Waals surface area contributed by atoms with Crippen molar-refractivity contribution in [2.24, 2.45) is 0 Å². The van der Waals surface area contributed by atoms with E-state index in [2.05, 4.69) is 31.0 Å². The average Bonchev–Trinajstić information content (AvgIpc) is 3.10. The standard InChI is InChI=1S/C18H16BrN3O3S2/c19-15-9-10-17(26-15)27(24,25)22-14(12-13-6-2-1-3-7-13)18(23)21-16-8-4-5-11-20-16/h1-11,14,22H,12H2,(H,20,21,23)/t14-/m0/s1. The highest BCUT2D eigenvalue weighted by molar-refractivity contribution is 9.11. The number of nitrogens with one attached hydrogen (secondary N) is 2. The number of hydrogen-bond acceptors (Lipinski definition) is 5. The highest BCUT2D eigenvalue weighted by Gasteiger charge is 2.27. The molecular weight excluding hydrogens is 450 g/mol. The minimum absolute atomic E-state index is 0.137. The van der Waals surface area contributed by atoms with Gasteiger partial charge < -0.3 is 5.32 Å². The molecular formula is C18H16BrN3O3S2. The van der Waals surface area contributed by atoms with Crippen LogP contribution in [0.2, 0.25) is 0 Å². The molecule has 2 aromatic heterocycles. The molecule has 9 heteroatoms. The van der Waals surface area contributed by atoms with E-state index in [0.717, 1.165) is 16.9 Å². The zero-order chi connectivity index (χ0) is 19.3. The first-order valence-electron chi connectivity index (χ1n) is 7.97. The van der Waals surface area contributed by atoms with Crippen LogP contribution in [0.15, 0.2) is 74.9 Å². The third-order valence-corrected chi connectivity index (χ3v) is 7.21. The predicted molar refractivity (Wildman–Crippen MR) is 109 cm³/mol. The third-order valence-electron chi connectivity index (χ3n) is 3.63. The van der Waals surface area contributed by atoms with Crippen LogP contribution in [0.1, 0.15) is 5.56 Å². The maximum absolute atomic E-state index is 12.7. The Kier molecular flexibility index (Phi) is 6.38. The molecule has 0 bridgehead atoms. The number of anilines is 1. The molecule has 2 N–H and O–H groups in total. The van der Waals surface area contributed by atoms with E-state index < -0.39 is 22.0 Å². The first-order valence-corrected chi connectivity index (χ1v) is 11.1. The lowest BCUT2D eigenvalue weighted by molar-refractivity contribution is -0.117. The zero-order valence-corrected chi connectivity index (χ0v) is 17.2. The lowest BCUT2D eigenvalue weighted by Crippen LogP contribution is -2.45. The second-order valence-corrected chi connectivity index (χ2v) is 10.0. The van der Waals surface area contributed by atoms with Gasteiger partial charge >= 0.3 is 0 Å². The van der Waals surface area contributed by atoms with E-state index in [1.165, 1.54) is 6.07 Å². The van der Waals surface area contributed by atoms with E-state index in [9.17, 15) is 13.2 Å². The molecule has 1 aromatic carbocycles. The summed E-state index contributed by atoms with van der Waals surface area (Å²) in [5.74, 6) is -0.115. The van der Waals surface area contributed by atoms with Gasteiger partial charge in [0, 0.05) is 6.20 Å². The SMILES string of the molecule is O=C(Nc1ccccn1)[C@H](Cc1ccccc1)NS(=O)(=O)c1ccc(Br)s1. The van der Waals surface area contributed by atoms with Gasteiger partial charge in [0.15, 0.2) is 0 Å². The summed E-state index contributed by atoms with van der Waals surface area (Å²) in [6, 6.07) is 16.5. The third kappa shape index (κ3) is 5.46. The molecule has 0 saturated heterocycles. The second-order valence-electron chi connectivity index (χ2n) is 5.63. The smallest absolute Gasteiger partial charge is 0.250 e. The fourth-order valence-electron chi connectivity index (χ4n) is 2.38. The van der Waals surface area contributed by atoms with Gasteiger partial charge in [-0.05, 0) is 52.2 Å². The van der Waals surface area contributed by atoms with Crippen LogP contribution < -0.4 is 10.0 Å². The number of rotatable bonds is 7. The Morgan fingerprint density at radius 3 is 2.44 bits per heavy atom. The number of sulfonamides is 1. The number of pyridine rings is 1. The van der Waals surface area contributed by atoms with Gasteiger partial charge in [0.05, 0.1) is 3.79 Å². The Labute approximate surface area is 169 Å². The number of thiophene rings is 1. The highest BCUT2D eigenvalue weighted by Crippen LogP contribution is 2.26. The topological polar surface area (TPSA) is 88.2 Å². The number of nitrogens with zero attached hydrogens (tertiary/aromatic N) is 1. The minimum atomic E-state index is -3.84. The Morgan fingerprint density at radius 2 is 1.81 bits per heavy atom. The van der Waals surface area contributed by atoms with Gasteiger partial charge in [0.2, 0.25) is 5.91 Å². The van der Waals surface area contributed by atoms with Gasteiger partial charge in [-0.15, -0.1) is 11.3 Å². The number of carbonyl (C=O) groups is 1. The maximum atomic E-state index is 12.7. The molecule has 0 unspecified atom stereocenters. The fraction of sp³-hybridized carbons (Fsp3) is 0.111. The van der Waals surface area contributed by atoms with Crippen molar-refractivity contribution >= 4 is 49.0 Å². The summed E-state index contributed by atoms with van der Waals surface area (Å²) < 4.78 is 28.7. The van der Waals surface area contributed by atoms with Crippen LogP contribution in [0, 0.1) is 0 Å². The Bertz CT molecular complexity index is 1010. The zero-order valence-electron chi connectivity index (χ0n) is 14.0. The van der Waals surface area contributed by atoms with Crippen molar-refractivity contribution in [2.45, 2.75) is 16.7 Å². The van der Waals surface area contributed by atoms with Crippen LogP contribution in [0.4, 0.5) is 5.82 Å². The van der Waals surface area contributed by atoms with Crippen LogP contribution in [-0.4, -0.2) is 25.4 Å². The van der Waals surface area contributed by atoms with E-state index in [0.29, 0.717) is 9.60 Å². The van der Waals surface area contributed by atoms with Crippen molar-refractivity contribution in [3.63, 3.8) is 0 Å². The fourth-order valence-corrected chi connectivity index (χ4v) is 5.60. The minimum Gasteiger partial charge on any atom is -0.309 e. The maximum Gasteiger partial charge on any atom is 0.250 e. The molecule has 1 amide bonds. The number of halogens is 1. The van der Waals surface area contributed by atoms with E-state index in [4.69, 9.17) is 0 Å². The molecule has 3 aromatic rings. The molecule has 6 nitrogen and oxygen atoms in total. The summed E-state index contributed by atoms with van der Waals surface area (Å²) >= 11 is 4.34. The Balaban J connectivity index is 1.84. The van der Waals surface area contributed by atoms with Crippen LogP contribution in [0.25, 0.3) is 0 Å². The van der Waals surface area contributed by atoms with E-state index in [1.54, 1.807) is 30.5 Å². The molecule has 1 atom stereocenters. The molecule has 0 aliphatic heterocycles. The van der Waals surface area contributed by atoms with E-state index in [1.807, 2.05) is 30.3 Å². The van der Waals surface area contributed by atoms with E-state index in [-0.39, 0.29) is 10.6 Å². The highest BCUT2D eigenvalue weighted by atomic mass is 79.9. The molecule has 27 heavy (non-hydrogen) atoms. The van der Waals surface area contributed by atoms with Gasteiger partial charge in [-0.2, -0.15) is 4.72 Å². The summed E-state index contributed by atoms with van der Waals surface area (Å²) in [5, 5.41) is 2.66. The summed E-state index contributed by atoms with van der Waals surface area (Å²) in [6.45, 7) is 0. The lowest BCUT2D eigenvalue weighted by Gasteiger charge is -2.18. The van der Waals surface area contributed by atoms with Gasteiger partial charge in [0.1, 0.15) is 16.1 Å². The van der Waals surface area contributed by atoms with Gasteiger partial charge in [-0.3, -0.25) is 4.79 Å². The molecule has 2 heterocycles. The normalized spacial score (nSPS) is 12.5. The molecule has 0 spiro atoms. The Morgan fingerprint density at radius 1 is 1.07 bits per heavy atom. The number of aromatic nitrogens is 1. The second kappa shape index (κ2) is 8.75. The first kappa shape index (κ1) is 19.7. The van der Waals surface area contributed by atoms with Crippen LogP contribution in [0.3, 0.4) is 0 Å². The van der Waals surface area contributed by atoms with Crippen molar-refractivity contribution in [1.82, 2.24) is 9.71 Å².